The maximum absolute atomic E-state index is 12.2. The molecule has 2 N–H and O–H groups in total. The van der Waals surface area contributed by atoms with Gasteiger partial charge in [0, 0.05) is 6.54 Å². The number of hydrogen-bond donors (Lipinski definition) is 2. The first kappa shape index (κ1) is 13.5. The van der Waals surface area contributed by atoms with E-state index in [1.807, 2.05) is 6.92 Å². The summed E-state index contributed by atoms with van der Waals surface area (Å²) in [7, 11) is 1.32. The molecule has 1 saturated heterocycles. The lowest BCUT2D eigenvalue weighted by molar-refractivity contribution is -0.120. The van der Waals surface area contributed by atoms with Crippen molar-refractivity contribution in [1.82, 2.24) is 5.32 Å². The zero-order valence-electron chi connectivity index (χ0n) is 11.1. The molecule has 1 aromatic rings. The van der Waals surface area contributed by atoms with Crippen LogP contribution in [0.5, 0.6) is 0 Å². The van der Waals surface area contributed by atoms with Crippen molar-refractivity contribution in [2.24, 2.45) is 11.8 Å². The molecule has 0 aromatic heterocycles. The number of ether oxygens (including phenoxy) is 1. The molecule has 1 aliphatic rings. The van der Waals surface area contributed by atoms with E-state index in [0.29, 0.717) is 23.7 Å². The number of methoxy groups -OCH3 is 1. The van der Waals surface area contributed by atoms with Gasteiger partial charge in [-0.3, -0.25) is 4.79 Å². The maximum atomic E-state index is 12.2. The van der Waals surface area contributed by atoms with Crippen LogP contribution in [0.2, 0.25) is 0 Å². The third-order valence-electron chi connectivity index (χ3n) is 3.44. The van der Waals surface area contributed by atoms with Gasteiger partial charge in [0.15, 0.2) is 0 Å². The van der Waals surface area contributed by atoms with Gasteiger partial charge in [0.2, 0.25) is 5.91 Å². The fraction of sp³-hybridized carbons (Fsp3) is 0.429. The van der Waals surface area contributed by atoms with Crippen LogP contribution in [0.25, 0.3) is 0 Å². The van der Waals surface area contributed by atoms with Gasteiger partial charge in [0.25, 0.3) is 0 Å². The Morgan fingerprint density at radius 1 is 1.32 bits per heavy atom. The van der Waals surface area contributed by atoms with Gasteiger partial charge in [-0.25, -0.2) is 4.79 Å². The standard InChI is InChI=1S/C14H18N2O3/c1-9-7-15-8-11(9)13(17)16-12-6-4-3-5-10(12)14(18)19-2/h3-6,9,11,15H,7-8H2,1-2H3,(H,16,17)/t9-,11-/m1/s1. The lowest BCUT2D eigenvalue weighted by Gasteiger charge is -2.15. The third kappa shape index (κ3) is 2.93. The third-order valence-corrected chi connectivity index (χ3v) is 3.44. The van der Waals surface area contributed by atoms with E-state index in [4.69, 9.17) is 4.74 Å². The van der Waals surface area contributed by atoms with Crippen molar-refractivity contribution in [3.63, 3.8) is 0 Å². The maximum Gasteiger partial charge on any atom is 0.339 e. The Balaban J connectivity index is 2.14. The van der Waals surface area contributed by atoms with Crippen molar-refractivity contribution in [3.8, 4) is 0 Å². The minimum Gasteiger partial charge on any atom is -0.465 e. The highest BCUT2D eigenvalue weighted by atomic mass is 16.5. The number of esters is 1. The molecule has 1 aromatic carbocycles. The number of nitrogens with one attached hydrogen (secondary N) is 2. The van der Waals surface area contributed by atoms with Crippen LogP contribution in [-0.2, 0) is 9.53 Å². The van der Waals surface area contributed by atoms with Crippen LogP contribution in [0, 0.1) is 11.8 Å². The lowest BCUT2D eigenvalue weighted by atomic mass is 9.97. The molecule has 0 saturated carbocycles. The number of amides is 1. The zero-order chi connectivity index (χ0) is 13.8. The van der Waals surface area contributed by atoms with Crippen LogP contribution in [-0.4, -0.2) is 32.1 Å². The van der Waals surface area contributed by atoms with Crippen LogP contribution >= 0.6 is 0 Å². The molecule has 1 aliphatic heterocycles. The summed E-state index contributed by atoms with van der Waals surface area (Å²) in [6.07, 6.45) is 0. The van der Waals surface area contributed by atoms with Crippen molar-refractivity contribution >= 4 is 17.6 Å². The van der Waals surface area contributed by atoms with Gasteiger partial charge in [-0.1, -0.05) is 19.1 Å². The molecule has 0 spiro atoms. The summed E-state index contributed by atoms with van der Waals surface area (Å²) in [6.45, 7) is 3.56. The minimum absolute atomic E-state index is 0.0612. The smallest absolute Gasteiger partial charge is 0.339 e. The molecule has 19 heavy (non-hydrogen) atoms. The van der Waals surface area contributed by atoms with Crippen molar-refractivity contribution in [2.75, 3.05) is 25.5 Å². The number of carbonyl (C=O) groups is 2. The average molecular weight is 262 g/mol. The Bertz CT molecular complexity index is 487. The molecule has 1 amide bonds. The predicted octanol–water partition coefficient (Wildman–Crippen LogP) is 1.27. The molecule has 1 heterocycles. The van der Waals surface area contributed by atoms with Gasteiger partial charge in [-0.15, -0.1) is 0 Å². The Morgan fingerprint density at radius 2 is 2.05 bits per heavy atom. The molecule has 5 heteroatoms. The van der Waals surface area contributed by atoms with E-state index >= 15 is 0 Å². The molecule has 1 fully saturated rings. The molecular formula is C14H18N2O3. The molecule has 5 nitrogen and oxygen atoms in total. The molecule has 0 radical (unpaired) electrons. The summed E-state index contributed by atoms with van der Waals surface area (Å²) in [4.78, 5) is 23.8. The zero-order valence-corrected chi connectivity index (χ0v) is 11.1. The fourth-order valence-electron chi connectivity index (χ4n) is 2.27. The molecule has 102 valence electrons. The van der Waals surface area contributed by atoms with E-state index in [1.165, 1.54) is 7.11 Å². The Kier molecular flexibility index (Phi) is 4.16. The Labute approximate surface area is 112 Å². The fourth-order valence-corrected chi connectivity index (χ4v) is 2.27. The second-order valence-corrected chi connectivity index (χ2v) is 4.77. The lowest BCUT2D eigenvalue weighted by Crippen LogP contribution is -2.28. The first-order chi connectivity index (χ1) is 9.13. The normalized spacial score (nSPS) is 22.0. The second-order valence-electron chi connectivity index (χ2n) is 4.77. The molecule has 2 atom stereocenters. The summed E-state index contributed by atoms with van der Waals surface area (Å²) in [5.41, 5.74) is 0.871. The predicted molar refractivity (Wildman–Crippen MR) is 71.9 cm³/mol. The highest BCUT2D eigenvalue weighted by Crippen LogP contribution is 2.21. The number of rotatable bonds is 3. The molecule has 0 bridgehead atoms. The van der Waals surface area contributed by atoms with E-state index in [0.717, 1.165) is 6.54 Å². The molecule has 2 rings (SSSR count). The first-order valence-electron chi connectivity index (χ1n) is 6.32. The van der Waals surface area contributed by atoms with Crippen molar-refractivity contribution < 1.29 is 14.3 Å². The number of hydrogen-bond acceptors (Lipinski definition) is 4. The SMILES string of the molecule is COC(=O)c1ccccc1NC(=O)[C@@H]1CNC[C@H]1C. The highest BCUT2D eigenvalue weighted by molar-refractivity contribution is 6.02. The average Bonchev–Trinajstić information content (AvgIpc) is 2.85. The van der Waals surface area contributed by atoms with Crippen LogP contribution in [0.3, 0.4) is 0 Å². The molecular weight excluding hydrogens is 244 g/mol. The minimum atomic E-state index is -0.450. The van der Waals surface area contributed by atoms with Gasteiger partial charge in [0.1, 0.15) is 0 Å². The Morgan fingerprint density at radius 3 is 2.68 bits per heavy atom. The largest absolute Gasteiger partial charge is 0.465 e. The Hall–Kier alpha value is -1.88. The molecule has 0 aliphatic carbocycles. The summed E-state index contributed by atoms with van der Waals surface area (Å²) < 4.78 is 4.70. The van der Waals surface area contributed by atoms with Crippen molar-refractivity contribution in [1.29, 1.82) is 0 Å². The summed E-state index contributed by atoms with van der Waals surface area (Å²) in [5, 5.41) is 6.00. The summed E-state index contributed by atoms with van der Waals surface area (Å²) >= 11 is 0. The van der Waals surface area contributed by atoms with E-state index in [2.05, 4.69) is 10.6 Å². The molecule has 0 unspecified atom stereocenters. The van der Waals surface area contributed by atoms with Gasteiger partial charge in [-0.2, -0.15) is 0 Å². The summed E-state index contributed by atoms with van der Waals surface area (Å²) in [5.74, 6) is -0.279. The topological polar surface area (TPSA) is 67.4 Å². The van der Waals surface area contributed by atoms with Gasteiger partial charge < -0.3 is 15.4 Å². The van der Waals surface area contributed by atoms with Crippen LogP contribution < -0.4 is 10.6 Å². The van der Waals surface area contributed by atoms with Crippen LogP contribution in [0.4, 0.5) is 5.69 Å². The van der Waals surface area contributed by atoms with E-state index in [1.54, 1.807) is 24.3 Å². The van der Waals surface area contributed by atoms with E-state index in [-0.39, 0.29) is 11.8 Å². The van der Waals surface area contributed by atoms with Crippen LogP contribution in [0.15, 0.2) is 24.3 Å². The van der Waals surface area contributed by atoms with Crippen molar-refractivity contribution in [3.05, 3.63) is 29.8 Å². The monoisotopic (exact) mass is 262 g/mol. The number of anilines is 1. The number of para-hydroxylation sites is 1. The number of benzene rings is 1. The van der Waals surface area contributed by atoms with Crippen molar-refractivity contribution in [2.45, 2.75) is 6.92 Å². The van der Waals surface area contributed by atoms with E-state index in [9.17, 15) is 9.59 Å². The highest BCUT2D eigenvalue weighted by Gasteiger charge is 2.30. The first-order valence-corrected chi connectivity index (χ1v) is 6.32. The van der Waals surface area contributed by atoms with E-state index < -0.39 is 5.97 Å². The number of carbonyl (C=O) groups excluding carboxylic acids is 2. The van der Waals surface area contributed by atoms with Gasteiger partial charge in [-0.05, 0) is 24.6 Å². The summed E-state index contributed by atoms with van der Waals surface area (Å²) in [6, 6.07) is 6.86. The second kappa shape index (κ2) is 5.84. The quantitative estimate of drug-likeness (QED) is 0.805. The van der Waals surface area contributed by atoms with Gasteiger partial charge in [0.05, 0.1) is 24.3 Å². The van der Waals surface area contributed by atoms with Crippen LogP contribution in [0.1, 0.15) is 17.3 Å². The van der Waals surface area contributed by atoms with Gasteiger partial charge >= 0.3 is 5.97 Å².